The first-order valence-corrected chi connectivity index (χ1v) is 7.96. The Labute approximate surface area is 134 Å². The summed E-state index contributed by atoms with van der Waals surface area (Å²) in [4.78, 5) is 6.42. The zero-order valence-electron chi connectivity index (χ0n) is 13.4. The molecule has 120 valence electrons. The molecule has 0 radical (unpaired) electrons. The molecule has 0 bridgehead atoms. The largest absolute Gasteiger partial charge is 0.490 e. The molecular formula is C17H20N4O2. The first kappa shape index (κ1) is 14.1. The normalized spacial score (nSPS) is 16.2. The van der Waals surface area contributed by atoms with E-state index in [1.807, 2.05) is 13.0 Å². The van der Waals surface area contributed by atoms with Gasteiger partial charge in [-0.15, -0.1) is 0 Å². The summed E-state index contributed by atoms with van der Waals surface area (Å²) >= 11 is 0. The molecule has 0 aliphatic carbocycles. The fourth-order valence-corrected chi connectivity index (χ4v) is 3.14. The maximum Gasteiger partial charge on any atom is 0.324 e. The van der Waals surface area contributed by atoms with Gasteiger partial charge in [-0.05, 0) is 25.1 Å². The predicted molar refractivity (Wildman–Crippen MR) is 87.8 cm³/mol. The van der Waals surface area contributed by atoms with E-state index in [0.717, 1.165) is 31.7 Å². The second-order valence-corrected chi connectivity index (χ2v) is 6.04. The summed E-state index contributed by atoms with van der Waals surface area (Å²) in [7, 11) is 2.05. The van der Waals surface area contributed by atoms with Gasteiger partial charge in [-0.3, -0.25) is 0 Å². The fraction of sp³-hybridized carbons (Fsp3) is 0.412. The van der Waals surface area contributed by atoms with Gasteiger partial charge in [-0.1, -0.05) is 11.2 Å². The standard InChI is InChI=1S/C17H20N4O2/c1-12-18-17(23-19-12)21-10-6-13(7-11-21)22-16-5-3-4-15-14(16)8-9-20(15)2/h3-5,8-9,13H,6-7,10-11H2,1-2H3. The number of rotatable bonds is 3. The summed E-state index contributed by atoms with van der Waals surface area (Å²) in [5.74, 6) is 1.64. The quantitative estimate of drug-likeness (QED) is 0.744. The Hall–Kier alpha value is -2.50. The highest BCUT2D eigenvalue weighted by Gasteiger charge is 2.24. The molecule has 3 heterocycles. The van der Waals surface area contributed by atoms with E-state index in [-0.39, 0.29) is 6.10 Å². The number of hydrogen-bond donors (Lipinski definition) is 0. The summed E-state index contributed by atoms with van der Waals surface area (Å²) < 4.78 is 13.6. The molecule has 6 heteroatoms. The van der Waals surface area contributed by atoms with Gasteiger partial charge in [-0.25, -0.2) is 0 Å². The second-order valence-electron chi connectivity index (χ2n) is 6.04. The van der Waals surface area contributed by atoms with E-state index in [2.05, 4.69) is 51.1 Å². The van der Waals surface area contributed by atoms with E-state index in [0.29, 0.717) is 11.8 Å². The van der Waals surface area contributed by atoms with Crippen molar-refractivity contribution in [3.8, 4) is 5.75 Å². The maximum atomic E-state index is 6.26. The fourth-order valence-electron chi connectivity index (χ4n) is 3.14. The molecule has 0 spiro atoms. The average Bonchev–Trinajstić information content (AvgIpc) is 3.16. The van der Waals surface area contributed by atoms with Crippen molar-refractivity contribution in [1.29, 1.82) is 0 Å². The minimum atomic E-state index is 0.223. The Balaban J connectivity index is 1.44. The molecule has 0 N–H and O–H groups in total. The first-order valence-electron chi connectivity index (χ1n) is 7.96. The molecule has 1 saturated heterocycles. The summed E-state index contributed by atoms with van der Waals surface area (Å²) in [5, 5.41) is 5.02. The molecule has 1 aromatic carbocycles. The number of anilines is 1. The highest BCUT2D eigenvalue weighted by molar-refractivity contribution is 5.86. The lowest BCUT2D eigenvalue weighted by Gasteiger charge is -2.30. The Morgan fingerprint density at radius 2 is 2.04 bits per heavy atom. The zero-order chi connectivity index (χ0) is 15.8. The zero-order valence-corrected chi connectivity index (χ0v) is 13.4. The van der Waals surface area contributed by atoms with E-state index in [1.165, 1.54) is 10.9 Å². The number of piperidine rings is 1. The third-order valence-electron chi connectivity index (χ3n) is 4.41. The molecule has 1 aliphatic rings. The van der Waals surface area contributed by atoms with Crippen LogP contribution in [0, 0.1) is 6.92 Å². The van der Waals surface area contributed by atoms with Gasteiger partial charge >= 0.3 is 6.01 Å². The molecule has 0 atom stereocenters. The Bertz CT molecular complexity index is 815. The van der Waals surface area contributed by atoms with Crippen LogP contribution in [0.2, 0.25) is 0 Å². The van der Waals surface area contributed by atoms with Crippen LogP contribution >= 0.6 is 0 Å². The summed E-state index contributed by atoms with van der Waals surface area (Å²) in [6, 6.07) is 8.94. The van der Waals surface area contributed by atoms with Crippen LogP contribution in [0.15, 0.2) is 35.0 Å². The number of aromatic nitrogens is 3. The van der Waals surface area contributed by atoms with Gasteiger partial charge in [-0.2, -0.15) is 4.98 Å². The van der Waals surface area contributed by atoms with Crippen LogP contribution in [0.5, 0.6) is 5.75 Å². The number of aryl methyl sites for hydroxylation is 2. The molecule has 3 aromatic rings. The van der Waals surface area contributed by atoms with Gasteiger partial charge in [0.2, 0.25) is 0 Å². The Morgan fingerprint density at radius 1 is 1.22 bits per heavy atom. The third kappa shape index (κ3) is 2.65. The molecule has 0 saturated carbocycles. The van der Waals surface area contributed by atoms with E-state index in [4.69, 9.17) is 9.26 Å². The number of hydrogen-bond acceptors (Lipinski definition) is 5. The van der Waals surface area contributed by atoms with Gasteiger partial charge < -0.3 is 18.7 Å². The highest BCUT2D eigenvalue weighted by atomic mass is 16.5. The SMILES string of the molecule is Cc1noc(N2CCC(Oc3cccc4c3ccn4C)CC2)n1. The molecule has 2 aromatic heterocycles. The van der Waals surface area contributed by atoms with Gasteiger partial charge in [0.15, 0.2) is 5.82 Å². The maximum absolute atomic E-state index is 6.26. The van der Waals surface area contributed by atoms with Crippen LogP contribution in [-0.2, 0) is 7.05 Å². The van der Waals surface area contributed by atoms with E-state index < -0.39 is 0 Å². The third-order valence-corrected chi connectivity index (χ3v) is 4.41. The summed E-state index contributed by atoms with van der Waals surface area (Å²) in [6.45, 7) is 3.58. The van der Waals surface area contributed by atoms with Crippen LogP contribution < -0.4 is 9.64 Å². The number of ether oxygens (including phenoxy) is 1. The second kappa shape index (κ2) is 5.61. The Morgan fingerprint density at radius 3 is 2.78 bits per heavy atom. The lowest BCUT2D eigenvalue weighted by Crippen LogP contribution is -2.38. The van der Waals surface area contributed by atoms with Crippen molar-refractivity contribution < 1.29 is 9.26 Å². The Kier molecular flexibility index (Phi) is 3.44. The average molecular weight is 312 g/mol. The highest BCUT2D eigenvalue weighted by Crippen LogP contribution is 2.29. The summed E-state index contributed by atoms with van der Waals surface area (Å²) in [5.41, 5.74) is 1.20. The lowest BCUT2D eigenvalue weighted by molar-refractivity contribution is 0.171. The lowest BCUT2D eigenvalue weighted by atomic mass is 10.1. The molecular weight excluding hydrogens is 292 g/mol. The van der Waals surface area contributed by atoms with Crippen molar-refractivity contribution >= 4 is 16.9 Å². The number of benzene rings is 1. The van der Waals surface area contributed by atoms with Crippen LogP contribution in [0.25, 0.3) is 10.9 Å². The smallest absolute Gasteiger partial charge is 0.324 e. The topological polar surface area (TPSA) is 56.3 Å². The molecule has 4 rings (SSSR count). The predicted octanol–water partition coefficient (Wildman–Crippen LogP) is 2.92. The van der Waals surface area contributed by atoms with Crippen molar-refractivity contribution in [2.75, 3.05) is 18.0 Å². The van der Waals surface area contributed by atoms with Crippen LogP contribution in [0.4, 0.5) is 6.01 Å². The van der Waals surface area contributed by atoms with Crippen LogP contribution in [0.1, 0.15) is 18.7 Å². The molecule has 0 unspecified atom stereocenters. The first-order chi connectivity index (χ1) is 11.2. The molecule has 23 heavy (non-hydrogen) atoms. The molecule has 6 nitrogen and oxygen atoms in total. The minimum absolute atomic E-state index is 0.223. The molecule has 1 fully saturated rings. The number of fused-ring (bicyclic) bond motifs is 1. The molecule has 1 aliphatic heterocycles. The van der Waals surface area contributed by atoms with Crippen LogP contribution in [0.3, 0.4) is 0 Å². The van der Waals surface area contributed by atoms with Crippen molar-refractivity contribution in [2.45, 2.75) is 25.9 Å². The number of nitrogens with zero attached hydrogens (tertiary/aromatic N) is 4. The van der Waals surface area contributed by atoms with Crippen molar-refractivity contribution in [1.82, 2.24) is 14.7 Å². The van der Waals surface area contributed by atoms with Gasteiger partial charge in [0.1, 0.15) is 11.9 Å². The van der Waals surface area contributed by atoms with Crippen molar-refractivity contribution in [2.24, 2.45) is 7.05 Å². The van der Waals surface area contributed by atoms with Gasteiger partial charge in [0.25, 0.3) is 0 Å². The van der Waals surface area contributed by atoms with Crippen molar-refractivity contribution in [3.05, 3.63) is 36.3 Å². The van der Waals surface area contributed by atoms with Crippen LogP contribution in [-0.4, -0.2) is 33.9 Å². The van der Waals surface area contributed by atoms with E-state index >= 15 is 0 Å². The van der Waals surface area contributed by atoms with E-state index in [9.17, 15) is 0 Å². The molecule has 0 amide bonds. The minimum Gasteiger partial charge on any atom is -0.490 e. The summed E-state index contributed by atoms with van der Waals surface area (Å²) in [6.07, 6.45) is 4.19. The van der Waals surface area contributed by atoms with Gasteiger partial charge in [0, 0.05) is 44.6 Å². The monoisotopic (exact) mass is 312 g/mol. The van der Waals surface area contributed by atoms with Gasteiger partial charge in [0.05, 0.1) is 5.52 Å². The van der Waals surface area contributed by atoms with E-state index in [1.54, 1.807) is 0 Å². The van der Waals surface area contributed by atoms with Crippen molar-refractivity contribution in [3.63, 3.8) is 0 Å².